The summed E-state index contributed by atoms with van der Waals surface area (Å²) in [7, 11) is 4.75. The summed E-state index contributed by atoms with van der Waals surface area (Å²) in [6.07, 6.45) is 1.01. The Morgan fingerprint density at radius 2 is 1.31 bits per heavy atom. The fourth-order valence-electron chi connectivity index (χ4n) is 2.97. The van der Waals surface area contributed by atoms with Gasteiger partial charge in [0.25, 0.3) is 0 Å². The Labute approximate surface area is 171 Å². The van der Waals surface area contributed by atoms with Crippen molar-refractivity contribution in [2.45, 2.75) is 20.3 Å². The minimum absolute atomic E-state index is 0.539. The molecule has 0 aliphatic rings. The van der Waals surface area contributed by atoms with Crippen LogP contribution in [0.3, 0.4) is 0 Å². The molecule has 2 aromatic carbocycles. The van der Waals surface area contributed by atoms with Crippen LogP contribution in [0.5, 0.6) is 17.2 Å². The molecule has 0 radical (unpaired) electrons. The van der Waals surface area contributed by atoms with E-state index < -0.39 is 0 Å². The Bertz CT molecular complexity index is 949. The van der Waals surface area contributed by atoms with Gasteiger partial charge >= 0.3 is 0 Å². The summed E-state index contributed by atoms with van der Waals surface area (Å²) in [4.78, 5) is 8.95. The first-order chi connectivity index (χ1) is 14.1. The van der Waals surface area contributed by atoms with E-state index >= 15 is 0 Å². The predicted molar refractivity (Wildman–Crippen MR) is 115 cm³/mol. The fourth-order valence-corrected chi connectivity index (χ4v) is 2.97. The molecule has 0 bridgehead atoms. The van der Waals surface area contributed by atoms with Gasteiger partial charge in [0, 0.05) is 29.6 Å². The largest absolute Gasteiger partial charge is 0.493 e. The van der Waals surface area contributed by atoms with Crippen LogP contribution in [0.25, 0.3) is 0 Å². The highest BCUT2D eigenvalue weighted by molar-refractivity contribution is 5.68. The number of aromatic nitrogens is 2. The van der Waals surface area contributed by atoms with Crippen LogP contribution in [0.15, 0.2) is 42.5 Å². The van der Waals surface area contributed by atoms with Crippen LogP contribution < -0.4 is 24.8 Å². The molecule has 2 N–H and O–H groups in total. The number of hydrogen-bond donors (Lipinski definition) is 2. The molecule has 152 valence electrons. The van der Waals surface area contributed by atoms with Gasteiger partial charge in [-0.2, -0.15) is 0 Å². The first-order valence-corrected chi connectivity index (χ1v) is 9.35. The summed E-state index contributed by atoms with van der Waals surface area (Å²) >= 11 is 0. The molecular formula is C22H26N4O3. The van der Waals surface area contributed by atoms with Gasteiger partial charge in [0.15, 0.2) is 11.5 Å². The van der Waals surface area contributed by atoms with Crippen LogP contribution in [0.2, 0.25) is 0 Å². The van der Waals surface area contributed by atoms with E-state index in [4.69, 9.17) is 14.2 Å². The van der Waals surface area contributed by atoms with Gasteiger partial charge in [0.2, 0.25) is 5.75 Å². The quantitative estimate of drug-likeness (QED) is 0.565. The van der Waals surface area contributed by atoms with E-state index in [9.17, 15) is 0 Å². The molecule has 0 fully saturated rings. The summed E-state index contributed by atoms with van der Waals surface area (Å²) in [6, 6.07) is 13.8. The maximum atomic E-state index is 5.41. The third kappa shape index (κ3) is 4.87. The highest BCUT2D eigenvalue weighted by Gasteiger charge is 2.14. The molecule has 0 aliphatic carbocycles. The smallest absolute Gasteiger partial charge is 0.203 e. The van der Waals surface area contributed by atoms with Crippen molar-refractivity contribution in [3.63, 3.8) is 0 Å². The molecule has 29 heavy (non-hydrogen) atoms. The standard InChI is InChI=1S/C22H26N4O3/c1-6-15-7-9-16(10-8-15)25-20-13-21(24-14(2)23-20)26-17-11-18(27-3)22(29-5)19(12-17)28-4/h7-13H,6H2,1-5H3,(H2,23,24,25,26). The lowest BCUT2D eigenvalue weighted by atomic mass is 10.1. The maximum absolute atomic E-state index is 5.41. The summed E-state index contributed by atoms with van der Waals surface area (Å²) in [6.45, 7) is 3.99. The lowest BCUT2D eigenvalue weighted by Crippen LogP contribution is -2.02. The van der Waals surface area contributed by atoms with Crippen LogP contribution in [0.1, 0.15) is 18.3 Å². The summed E-state index contributed by atoms with van der Waals surface area (Å²) in [5.41, 5.74) is 3.02. The Morgan fingerprint density at radius 3 is 1.79 bits per heavy atom. The van der Waals surface area contributed by atoms with Gasteiger partial charge < -0.3 is 24.8 Å². The lowest BCUT2D eigenvalue weighted by molar-refractivity contribution is 0.324. The second-order valence-corrected chi connectivity index (χ2v) is 6.40. The lowest BCUT2D eigenvalue weighted by Gasteiger charge is -2.15. The predicted octanol–water partition coefficient (Wildman–Crippen LogP) is 4.86. The van der Waals surface area contributed by atoms with Gasteiger partial charge in [0.05, 0.1) is 21.3 Å². The third-order valence-electron chi connectivity index (χ3n) is 4.41. The normalized spacial score (nSPS) is 10.4. The molecule has 0 spiro atoms. The molecule has 7 heteroatoms. The van der Waals surface area contributed by atoms with Crippen molar-refractivity contribution in [1.29, 1.82) is 0 Å². The van der Waals surface area contributed by atoms with Gasteiger partial charge in [-0.15, -0.1) is 0 Å². The number of benzene rings is 2. The molecule has 3 rings (SSSR count). The van der Waals surface area contributed by atoms with E-state index in [0.29, 0.717) is 34.7 Å². The van der Waals surface area contributed by atoms with Crippen molar-refractivity contribution >= 4 is 23.0 Å². The van der Waals surface area contributed by atoms with E-state index in [-0.39, 0.29) is 0 Å². The number of rotatable bonds is 8. The van der Waals surface area contributed by atoms with Crippen molar-refractivity contribution in [2.24, 2.45) is 0 Å². The molecule has 0 saturated carbocycles. The topological polar surface area (TPSA) is 77.5 Å². The molecule has 1 heterocycles. The molecule has 0 aliphatic heterocycles. The molecule has 0 atom stereocenters. The Morgan fingerprint density at radius 1 is 0.759 bits per heavy atom. The molecule has 0 unspecified atom stereocenters. The third-order valence-corrected chi connectivity index (χ3v) is 4.41. The number of anilines is 4. The highest BCUT2D eigenvalue weighted by Crippen LogP contribution is 2.40. The van der Waals surface area contributed by atoms with Crippen LogP contribution in [0.4, 0.5) is 23.0 Å². The average Bonchev–Trinajstić information content (AvgIpc) is 2.73. The van der Waals surface area contributed by atoms with Crippen LogP contribution in [-0.4, -0.2) is 31.3 Å². The zero-order chi connectivity index (χ0) is 20.8. The summed E-state index contributed by atoms with van der Waals surface area (Å²) in [5.74, 6) is 3.67. The van der Waals surface area contributed by atoms with Crippen molar-refractivity contribution in [2.75, 3.05) is 32.0 Å². The molecular weight excluding hydrogens is 368 g/mol. The van der Waals surface area contributed by atoms with Gasteiger partial charge in [-0.1, -0.05) is 19.1 Å². The van der Waals surface area contributed by atoms with Gasteiger partial charge in [-0.05, 0) is 31.0 Å². The Kier molecular flexibility index (Phi) is 6.39. The van der Waals surface area contributed by atoms with Gasteiger partial charge in [-0.25, -0.2) is 9.97 Å². The molecule has 0 saturated heterocycles. The van der Waals surface area contributed by atoms with E-state index in [0.717, 1.165) is 17.8 Å². The van der Waals surface area contributed by atoms with Gasteiger partial charge in [0.1, 0.15) is 17.5 Å². The van der Waals surface area contributed by atoms with Crippen LogP contribution in [0, 0.1) is 6.92 Å². The van der Waals surface area contributed by atoms with Crippen LogP contribution in [-0.2, 0) is 6.42 Å². The Balaban J connectivity index is 1.86. The minimum atomic E-state index is 0.539. The van der Waals surface area contributed by atoms with Crippen molar-refractivity contribution in [3.8, 4) is 17.2 Å². The fraction of sp³-hybridized carbons (Fsp3) is 0.273. The number of aryl methyl sites for hydroxylation is 2. The molecule has 3 aromatic rings. The molecule has 7 nitrogen and oxygen atoms in total. The van der Waals surface area contributed by atoms with Gasteiger partial charge in [-0.3, -0.25) is 0 Å². The number of hydrogen-bond acceptors (Lipinski definition) is 7. The monoisotopic (exact) mass is 394 g/mol. The van der Waals surface area contributed by atoms with Crippen molar-refractivity contribution < 1.29 is 14.2 Å². The van der Waals surface area contributed by atoms with E-state index in [2.05, 4.69) is 39.7 Å². The maximum Gasteiger partial charge on any atom is 0.203 e. The number of ether oxygens (including phenoxy) is 3. The van der Waals surface area contributed by atoms with Crippen LogP contribution >= 0.6 is 0 Å². The summed E-state index contributed by atoms with van der Waals surface area (Å²) < 4.78 is 16.2. The SMILES string of the molecule is CCc1ccc(Nc2cc(Nc3cc(OC)c(OC)c(OC)c3)nc(C)n2)cc1. The van der Waals surface area contributed by atoms with E-state index in [1.54, 1.807) is 21.3 Å². The minimum Gasteiger partial charge on any atom is -0.493 e. The Hall–Kier alpha value is -3.48. The zero-order valence-electron chi connectivity index (χ0n) is 17.4. The highest BCUT2D eigenvalue weighted by atomic mass is 16.5. The second kappa shape index (κ2) is 9.14. The summed E-state index contributed by atoms with van der Waals surface area (Å²) in [5, 5.41) is 6.61. The molecule has 1 aromatic heterocycles. The number of nitrogens with zero attached hydrogens (tertiary/aromatic N) is 2. The number of nitrogens with one attached hydrogen (secondary N) is 2. The number of methoxy groups -OCH3 is 3. The van der Waals surface area contributed by atoms with E-state index in [1.165, 1.54) is 5.56 Å². The average molecular weight is 394 g/mol. The zero-order valence-corrected chi connectivity index (χ0v) is 17.4. The first-order valence-electron chi connectivity index (χ1n) is 9.35. The van der Waals surface area contributed by atoms with E-state index in [1.807, 2.05) is 37.3 Å². The van der Waals surface area contributed by atoms with Crippen molar-refractivity contribution in [1.82, 2.24) is 9.97 Å². The molecule has 0 amide bonds. The van der Waals surface area contributed by atoms with Crippen molar-refractivity contribution in [3.05, 3.63) is 53.9 Å². The first kappa shape index (κ1) is 20.3. The second-order valence-electron chi connectivity index (χ2n) is 6.40.